The van der Waals surface area contributed by atoms with Crippen LogP contribution in [0.4, 0.5) is 0 Å². The molecule has 0 bridgehead atoms. The summed E-state index contributed by atoms with van der Waals surface area (Å²) in [6, 6.07) is 14.6. The van der Waals surface area contributed by atoms with Crippen LogP contribution in [0.2, 0.25) is 10.0 Å². The van der Waals surface area contributed by atoms with E-state index >= 15 is 0 Å². The predicted molar refractivity (Wildman–Crippen MR) is 123 cm³/mol. The number of aromatic nitrogens is 4. The lowest BCUT2D eigenvalue weighted by Gasteiger charge is -2.05. The summed E-state index contributed by atoms with van der Waals surface area (Å²) in [6.07, 6.45) is 1.56. The molecule has 154 valence electrons. The van der Waals surface area contributed by atoms with Crippen LogP contribution in [0.25, 0.3) is 32.4 Å². The molecular formula is C22H14Cl2N4O2S. The third-order valence-corrected chi connectivity index (χ3v) is 6.60. The van der Waals surface area contributed by atoms with Gasteiger partial charge in [0.2, 0.25) is 5.82 Å². The van der Waals surface area contributed by atoms with E-state index in [2.05, 4.69) is 15.1 Å². The minimum atomic E-state index is -0.114. The van der Waals surface area contributed by atoms with Crippen molar-refractivity contribution in [1.82, 2.24) is 19.7 Å². The number of hydrogen-bond acceptors (Lipinski definition) is 6. The molecular weight excluding hydrogens is 455 g/mol. The third-order valence-electron chi connectivity index (χ3n) is 4.91. The quantitative estimate of drug-likeness (QED) is 0.331. The van der Waals surface area contributed by atoms with Crippen molar-refractivity contribution in [2.45, 2.75) is 13.5 Å². The fourth-order valence-corrected chi connectivity index (χ4v) is 4.61. The molecule has 0 atom stereocenters. The smallest absolute Gasteiger partial charge is 0.268 e. The average Bonchev–Trinajstić information content (AvgIpc) is 3.37. The SMILES string of the molecule is Cc1c(-c2nc(-c3ccc(Cl)cc3)no2)sc2ncn(Cc3ccc(Cl)cc3)c(=O)c12. The van der Waals surface area contributed by atoms with Crippen molar-refractivity contribution in [3.63, 3.8) is 0 Å². The maximum atomic E-state index is 13.1. The summed E-state index contributed by atoms with van der Waals surface area (Å²) < 4.78 is 7.08. The molecule has 9 heteroatoms. The zero-order chi connectivity index (χ0) is 21.5. The minimum Gasteiger partial charge on any atom is -0.333 e. The van der Waals surface area contributed by atoms with E-state index in [0.717, 1.165) is 21.6 Å². The molecule has 0 saturated heterocycles. The molecule has 31 heavy (non-hydrogen) atoms. The van der Waals surface area contributed by atoms with Crippen molar-refractivity contribution in [3.05, 3.63) is 86.4 Å². The van der Waals surface area contributed by atoms with Crippen LogP contribution in [0.5, 0.6) is 0 Å². The topological polar surface area (TPSA) is 73.8 Å². The number of fused-ring (bicyclic) bond motifs is 1. The standard InChI is InChI=1S/C22H14Cl2N4O2S/c1-12-17-21(25-11-28(22(17)29)10-13-2-6-15(23)7-3-13)31-18(12)20-26-19(27-30-20)14-4-8-16(24)9-5-14/h2-9,11H,10H2,1H3. The van der Waals surface area contributed by atoms with Crippen LogP contribution in [-0.4, -0.2) is 19.7 Å². The van der Waals surface area contributed by atoms with Crippen molar-refractivity contribution in [2.24, 2.45) is 0 Å². The van der Waals surface area contributed by atoms with Crippen LogP contribution < -0.4 is 5.56 Å². The summed E-state index contributed by atoms with van der Waals surface area (Å²) in [5, 5.41) is 5.91. The summed E-state index contributed by atoms with van der Waals surface area (Å²) in [5.74, 6) is 0.811. The Bertz CT molecular complexity index is 1450. The van der Waals surface area contributed by atoms with Crippen molar-refractivity contribution in [3.8, 4) is 22.2 Å². The van der Waals surface area contributed by atoms with Crippen LogP contribution in [-0.2, 0) is 6.54 Å². The van der Waals surface area contributed by atoms with Gasteiger partial charge in [-0.25, -0.2) is 4.98 Å². The molecule has 5 aromatic rings. The Morgan fingerprint density at radius 1 is 1.03 bits per heavy atom. The lowest BCUT2D eigenvalue weighted by Crippen LogP contribution is -2.21. The maximum absolute atomic E-state index is 13.1. The van der Waals surface area contributed by atoms with E-state index < -0.39 is 0 Å². The Kier molecular flexibility index (Phi) is 5.09. The molecule has 2 aromatic carbocycles. The number of hydrogen-bond donors (Lipinski definition) is 0. The van der Waals surface area contributed by atoms with Crippen molar-refractivity contribution < 1.29 is 4.52 Å². The first-order valence-electron chi connectivity index (χ1n) is 9.32. The van der Waals surface area contributed by atoms with Gasteiger partial charge in [-0.05, 0) is 54.4 Å². The first kappa shape index (κ1) is 19.9. The van der Waals surface area contributed by atoms with Crippen LogP contribution >= 0.6 is 34.5 Å². The largest absolute Gasteiger partial charge is 0.333 e. The van der Waals surface area contributed by atoms with Gasteiger partial charge in [0.25, 0.3) is 11.4 Å². The van der Waals surface area contributed by atoms with Gasteiger partial charge in [0.1, 0.15) is 4.83 Å². The van der Waals surface area contributed by atoms with Gasteiger partial charge in [0, 0.05) is 15.6 Å². The minimum absolute atomic E-state index is 0.114. The second kappa shape index (κ2) is 7.92. The van der Waals surface area contributed by atoms with E-state index in [0.29, 0.717) is 38.5 Å². The van der Waals surface area contributed by atoms with E-state index in [9.17, 15) is 4.79 Å². The molecule has 0 radical (unpaired) electrons. The maximum Gasteiger partial charge on any atom is 0.268 e. The van der Waals surface area contributed by atoms with E-state index in [4.69, 9.17) is 27.7 Å². The zero-order valence-corrected chi connectivity index (χ0v) is 18.5. The van der Waals surface area contributed by atoms with Crippen molar-refractivity contribution >= 4 is 44.8 Å². The monoisotopic (exact) mass is 468 g/mol. The lowest BCUT2D eigenvalue weighted by atomic mass is 10.2. The molecule has 0 aliphatic heterocycles. The second-order valence-electron chi connectivity index (χ2n) is 6.97. The molecule has 5 rings (SSSR count). The number of benzene rings is 2. The highest BCUT2D eigenvalue weighted by molar-refractivity contribution is 7.22. The first-order valence-corrected chi connectivity index (χ1v) is 10.9. The van der Waals surface area contributed by atoms with Crippen molar-refractivity contribution in [2.75, 3.05) is 0 Å². The molecule has 6 nitrogen and oxygen atoms in total. The van der Waals surface area contributed by atoms with Crippen LogP contribution in [0, 0.1) is 6.92 Å². The van der Waals surface area contributed by atoms with Crippen LogP contribution in [0.15, 0.2) is 64.2 Å². The van der Waals surface area contributed by atoms with Gasteiger partial charge < -0.3 is 4.52 Å². The zero-order valence-electron chi connectivity index (χ0n) is 16.2. The molecule has 0 spiro atoms. The fraction of sp³-hybridized carbons (Fsp3) is 0.0909. The van der Waals surface area contributed by atoms with E-state index in [-0.39, 0.29) is 5.56 Å². The number of halogens is 2. The normalized spacial score (nSPS) is 11.3. The number of thiophene rings is 1. The Morgan fingerprint density at radius 3 is 2.42 bits per heavy atom. The molecule has 0 amide bonds. The number of rotatable bonds is 4. The molecule has 0 N–H and O–H groups in total. The molecule has 3 heterocycles. The van der Waals surface area contributed by atoms with E-state index in [1.54, 1.807) is 35.2 Å². The Morgan fingerprint density at radius 2 is 1.71 bits per heavy atom. The van der Waals surface area contributed by atoms with Gasteiger partial charge in [0.05, 0.1) is 23.1 Å². The lowest BCUT2D eigenvalue weighted by molar-refractivity contribution is 0.433. The molecule has 0 fully saturated rings. The summed E-state index contributed by atoms with van der Waals surface area (Å²) in [4.78, 5) is 23.5. The van der Waals surface area contributed by atoms with Gasteiger partial charge in [-0.15, -0.1) is 11.3 Å². The Balaban J connectivity index is 1.53. The van der Waals surface area contributed by atoms with Gasteiger partial charge in [-0.2, -0.15) is 4.98 Å². The predicted octanol–water partition coefficient (Wildman–Crippen LogP) is 5.84. The molecule has 0 saturated carbocycles. The van der Waals surface area contributed by atoms with Gasteiger partial charge >= 0.3 is 0 Å². The number of nitrogens with zero attached hydrogens (tertiary/aromatic N) is 4. The average molecular weight is 469 g/mol. The highest BCUT2D eigenvalue weighted by atomic mass is 35.5. The molecule has 0 aliphatic rings. The fourth-order valence-electron chi connectivity index (χ4n) is 3.29. The summed E-state index contributed by atoms with van der Waals surface area (Å²) in [7, 11) is 0. The molecule has 0 aliphatic carbocycles. The number of aryl methyl sites for hydroxylation is 1. The van der Waals surface area contributed by atoms with E-state index in [1.807, 2.05) is 31.2 Å². The summed E-state index contributed by atoms with van der Waals surface area (Å²) in [6.45, 7) is 2.28. The van der Waals surface area contributed by atoms with Crippen LogP contribution in [0.1, 0.15) is 11.1 Å². The molecule has 0 unspecified atom stereocenters. The van der Waals surface area contributed by atoms with Gasteiger partial charge in [-0.1, -0.05) is 40.5 Å². The Hall–Kier alpha value is -3.00. The van der Waals surface area contributed by atoms with Gasteiger partial charge in [0.15, 0.2) is 0 Å². The summed E-state index contributed by atoms with van der Waals surface area (Å²) in [5.41, 5.74) is 2.42. The Labute approximate surface area is 190 Å². The summed E-state index contributed by atoms with van der Waals surface area (Å²) >= 11 is 13.3. The first-order chi connectivity index (χ1) is 15.0. The highest BCUT2D eigenvalue weighted by Crippen LogP contribution is 2.35. The van der Waals surface area contributed by atoms with Crippen LogP contribution in [0.3, 0.4) is 0 Å². The van der Waals surface area contributed by atoms with Crippen molar-refractivity contribution in [1.29, 1.82) is 0 Å². The molecule has 3 aromatic heterocycles. The second-order valence-corrected chi connectivity index (χ2v) is 8.84. The third kappa shape index (κ3) is 3.76. The van der Waals surface area contributed by atoms with E-state index in [1.165, 1.54) is 11.3 Å². The van der Waals surface area contributed by atoms with Gasteiger partial charge in [-0.3, -0.25) is 9.36 Å². The highest BCUT2D eigenvalue weighted by Gasteiger charge is 2.20.